The van der Waals surface area contributed by atoms with Crippen molar-refractivity contribution >= 4 is 22.7 Å². The van der Waals surface area contributed by atoms with Gasteiger partial charge in [0.05, 0.1) is 16.2 Å². The lowest BCUT2D eigenvalue weighted by molar-refractivity contribution is 0.364. The third kappa shape index (κ3) is 4.93. The molecule has 0 saturated carbocycles. The van der Waals surface area contributed by atoms with Crippen molar-refractivity contribution in [2.45, 2.75) is 62.9 Å². The highest BCUT2D eigenvalue weighted by Gasteiger charge is 2.25. The van der Waals surface area contributed by atoms with Crippen LogP contribution in [0.3, 0.4) is 0 Å². The number of nitrogens with zero attached hydrogens (tertiary/aromatic N) is 4. The Morgan fingerprint density at radius 2 is 1.75 bits per heavy atom. The van der Waals surface area contributed by atoms with Crippen LogP contribution in [0.25, 0.3) is 10.9 Å². The number of para-hydroxylation sites is 1. The highest BCUT2D eigenvalue weighted by Crippen LogP contribution is 2.34. The van der Waals surface area contributed by atoms with E-state index in [1.54, 1.807) is 4.57 Å². The molecule has 4 rings (SSSR count). The van der Waals surface area contributed by atoms with E-state index in [9.17, 15) is 4.79 Å². The molecule has 0 saturated heterocycles. The average Bonchev–Trinajstić information content (AvgIpc) is 3.28. The molecule has 0 unspecified atom stereocenters. The summed E-state index contributed by atoms with van der Waals surface area (Å²) in [5.74, 6) is 1.21. The summed E-state index contributed by atoms with van der Waals surface area (Å²) >= 11 is 1.48. The molecule has 0 spiro atoms. The molecular formula is C25H28N4O2S. The lowest BCUT2D eigenvalue weighted by Gasteiger charge is -2.15. The monoisotopic (exact) mass is 448 g/mol. The summed E-state index contributed by atoms with van der Waals surface area (Å²) in [5, 5.41) is 5.31. The molecule has 166 valence electrons. The van der Waals surface area contributed by atoms with Gasteiger partial charge in [-0.1, -0.05) is 80.2 Å². The van der Waals surface area contributed by atoms with E-state index in [0.29, 0.717) is 34.3 Å². The third-order valence-electron chi connectivity index (χ3n) is 5.26. The predicted octanol–water partition coefficient (Wildman–Crippen LogP) is 5.56. The second-order valence-electron chi connectivity index (χ2n) is 8.92. The molecule has 0 aliphatic heterocycles. The van der Waals surface area contributed by atoms with Gasteiger partial charge in [0.1, 0.15) is 0 Å². The summed E-state index contributed by atoms with van der Waals surface area (Å²) in [6.45, 7) is 8.75. The first-order valence-corrected chi connectivity index (χ1v) is 11.7. The molecule has 7 heteroatoms. The van der Waals surface area contributed by atoms with Gasteiger partial charge in [-0.05, 0) is 37.5 Å². The van der Waals surface area contributed by atoms with Crippen LogP contribution in [-0.2, 0) is 18.4 Å². The Hall–Kier alpha value is -2.93. The van der Waals surface area contributed by atoms with Gasteiger partial charge < -0.3 is 4.52 Å². The molecule has 0 radical (unpaired) electrons. The predicted molar refractivity (Wildman–Crippen MR) is 128 cm³/mol. The minimum atomic E-state index is -0.188. The van der Waals surface area contributed by atoms with E-state index in [2.05, 4.69) is 43.0 Å². The number of hydrogen-bond donors (Lipinski definition) is 0. The summed E-state index contributed by atoms with van der Waals surface area (Å²) in [7, 11) is 0. The van der Waals surface area contributed by atoms with E-state index >= 15 is 0 Å². The molecule has 0 amide bonds. The van der Waals surface area contributed by atoms with Crippen LogP contribution >= 0.6 is 11.8 Å². The Labute approximate surface area is 192 Å². The quantitative estimate of drug-likeness (QED) is 0.272. The van der Waals surface area contributed by atoms with Gasteiger partial charge in [-0.15, -0.1) is 0 Å². The molecule has 0 N–H and O–H groups in total. The van der Waals surface area contributed by atoms with Gasteiger partial charge in [0.25, 0.3) is 5.56 Å². The number of thioether (sulfide) groups is 1. The largest absolute Gasteiger partial charge is 0.338 e. The molecule has 0 fully saturated rings. The maximum absolute atomic E-state index is 13.3. The average molecular weight is 449 g/mol. The van der Waals surface area contributed by atoms with Crippen molar-refractivity contribution in [3.8, 4) is 0 Å². The summed E-state index contributed by atoms with van der Waals surface area (Å²) in [5.41, 5.74) is 1.76. The molecule has 1 atom stereocenters. The van der Waals surface area contributed by atoms with Crippen LogP contribution in [0.1, 0.15) is 56.6 Å². The second kappa shape index (κ2) is 9.28. The maximum atomic E-state index is 13.3. The van der Waals surface area contributed by atoms with Crippen LogP contribution < -0.4 is 5.56 Å². The fourth-order valence-corrected chi connectivity index (χ4v) is 4.40. The normalized spacial score (nSPS) is 12.9. The van der Waals surface area contributed by atoms with Gasteiger partial charge >= 0.3 is 0 Å². The number of aryl methyl sites for hydroxylation is 1. The topological polar surface area (TPSA) is 73.8 Å². The second-order valence-corrected chi connectivity index (χ2v) is 10.2. The lowest BCUT2D eigenvalue weighted by atomic mass is 9.96. The number of aromatic nitrogens is 4. The molecule has 0 aliphatic carbocycles. The molecular weight excluding hydrogens is 420 g/mol. The first-order valence-electron chi connectivity index (χ1n) is 10.9. The van der Waals surface area contributed by atoms with Crippen molar-refractivity contribution in [1.82, 2.24) is 19.7 Å². The number of fused-ring (bicyclic) bond motifs is 1. The molecule has 32 heavy (non-hydrogen) atoms. The molecule has 2 aromatic heterocycles. The minimum absolute atomic E-state index is 0.0146. The van der Waals surface area contributed by atoms with Gasteiger partial charge in [-0.25, -0.2) is 4.98 Å². The molecule has 4 aromatic rings. The number of benzene rings is 2. The minimum Gasteiger partial charge on any atom is -0.338 e. The molecule has 0 aliphatic rings. The summed E-state index contributed by atoms with van der Waals surface area (Å²) in [6, 6.07) is 17.8. The Kier molecular flexibility index (Phi) is 6.46. The SMILES string of the molecule is C[C@H](Sc1nc2ccccc2c(=O)n1CCCc1ccccc1)c1nc(C(C)(C)C)no1. The van der Waals surface area contributed by atoms with Crippen LogP contribution in [-0.4, -0.2) is 19.7 Å². The van der Waals surface area contributed by atoms with Gasteiger partial charge in [0.2, 0.25) is 5.89 Å². The highest BCUT2D eigenvalue weighted by molar-refractivity contribution is 7.99. The van der Waals surface area contributed by atoms with Crippen molar-refractivity contribution in [2.24, 2.45) is 0 Å². The number of hydrogen-bond acceptors (Lipinski definition) is 6. The molecule has 0 bridgehead atoms. The molecule has 2 aromatic carbocycles. The van der Waals surface area contributed by atoms with Crippen LogP contribution in [0.15, 0.2) is 69.1 Å². The fraction of sp³-hybridized carbons (Fsp3) is 0.360. The van der Waals surface area contributed by atoms with Crippen molar-refractivity contribution in [2.75, 3.05) is 0 Å². The molecule has 2 heterocycles. The van der Waals surface area contributed by atoms with Crippen molar-refractivity contribution < 1.29 is 4.52 Å². The zero-order chi connectivity index (χ0) is 22.7. The third-order valence-corrected chi connectivity index (χ3v) is 6.34. The van der Waals surface area contributed by atoms with Crippen LogP contribution in [0, 0.1) is 0 Å². The van der Waals surface area contributed by atoms with Gasteiger partial charge in [0.15, 0.2) is 11.0 Å². The highest BCUT2D eigenvalue weighted by atomic mass is 32.2. The summed E-state index contributed by atoms with van der Waals surface area (Å²) < 4.78 is 7.31. The number of rotatable bonds is 7. The Morgan fingerprint density at radius 1 is 1.03 bits per heavy atom. The maximum Gasteiger partial charge on any atom is 0.262 e. The fourth-order valence-electron chi connectivity index (χ4n) is 3.43. The van der Waals surface area contributed by atoms with E-state index in [1.165, 1.54) is 17.3 Å². The van der Waals surface area contributed by atoms with Crippen LogP contribution in [0.2, 0.25) is 0 Å². The van der Waals surface area contributed by atoms with E-state index in [1.807, 2.05) is 49.4 Å². The van der Waals surface area contributed by atoms with E-state index in [4.69, 9.17) is 9.51 Å². The summed E-state index contributed by atoms with van der Waals surface area (Å²) in [6.07, 6.45) is 1.75. The van der Waals surface area contributed by atoms with Crippen molar-refractivity contribution in [3.63, 3.8) is 0 Å². The van der Waals surface area contributed by atoms with Crippen LogP contribution in [0.4, 0.5) is 0 Å². The summed E-state index contributed by atoms with van der Waals surface area (Å²) in [4.78, 5) is 22.7. The Balaban J connectivity index is 1.62. The zero-order valence-corrected chi connectivity index (χ0v) is 19.7. The van der Waals surface area contributed by atoms with E-state index in [0.717, 1.165) is 12.8 Å². The van der Waals surface area contributed by atoms with E-state index in [-0.39, 0.29) is 16.2 Å². The molecule has 6 nitrogen and oxygen atoms in total. The Bertz CT molecular complexity index is 1260. The Morgan fingerprint density at radius 3 is 2.47 bits per heavy atom. The first kappa shape index (κ1) is 22.3. The smallest absolute Gasteiger partial charge is 0.262 e. The lowest BCUT2D eigenvalue weighted by Crippen LogP contribution is -2.24. The van der Waals surface area contributed by atoms with Gasteiger partial charge in [-0.2, -0.15) is 4.98 Å². The first-order chi connectivity index (χ1) is 15.3. The van der Waals surface area contributed by atoms with Crippen LogP contribution in [0.5, 0.6) is 0 Å². The standard InChI is InChI=1S/C25H28N4O2S/c1-17(21-27-23(28-31-21)25(2,3)4)32-24-26-20-15-9-8-14-19(20)22(30)29(24)16-10-13-18-11-6-5-7-12-18/h5-9,11-12,14-15,17H,10,13,16H2,1-4H3/t17-/m0/s1. The van der Waals surface area contributed by atoms with Gasteiger partial charge in [0, 0.05) is 12.0 Å². The van der Waals surface area contributed by atoms with Gasteiger partial charge in [-0.3, -0.25) is 9.36 Å². The van der Waals surface area contributed by atoms with Crippen molar-refractivity contribution in [3.05, 3.63) is 82.2 Å². The van der Waals surface area contributed by atoms with Crippen molar-refractivity contribution in [1.29, 1.82) is 0 Å². The zero-order valence-electron chi connectivity index (χ0n) is 18.9. The van der Waals surface area contributed by atoms with E-state index < -0.39 is 0 Å².